The van der Waals surface area contributed by atoms with Gasteiger partial charge in [-0.05, 0) is 73.4 Å². The Morgan fingerprint density at radius 1 is 0.944 bits per heavy atom. The third-order valence-corrected chi connectivity index (χ3v) is 6.47. The van der Waals surface area contributed by atoms with Crippen molar-refractivity contribution in [1.29, 1.82) is 0 Å². The van der Waals surface area contributed by atoms with Crippen LogP contribution in [0, 0.1) is 19.7 Å². The smallest absolute Gasteiger partial charge is 0.174 e. The largest absolute Gasteiger partial charge is 0.385 e. The second-order valence-corrected chi connectivity index (χ2v) is 9.28. The van der Waals surface area contributed by atoms with Crippen LogP contribution in [0.3, 0.4) is 0 Å². The highest BCUT2D eigenvalue weighted by Crippen LogP contribution is 2.32. The maximum Gasteiger partial charge on any atom is 0.174 e. The van der Waals surface area contributed by atoms with Gasteiger partial charge in [-0.15, -0.1) is 0 Å². The van der Waals surface area contributed by atoms with E-state index in [9.17, 15) is 9.18 Å². The second kappa shape index (κ2) is 10.2. The lowest BCUT2D eigenvalue weighted by molar-refractivity contribution is 0.0826. The van der Waals surface area contributed by atoms with Gasteiger partial charge in [0.15, 0.2) is 11.9 Å². The van der Waals surface area contributed by atoms with Crippen LogP contribution in [0.4, 0.5) is 4.39 Å². The van der Waals surface area contributed by atoms with E-state index in [0.29, 0.717) is 41.7 Å². The van der Waals surface area contributed by atoms with E-state index in [1.165, 1.54) is 11.6 Å². The van der Waals surface area contributed by atoms with Crippen molar-refractivity contribution in [3.8, 4) is 11.1 Å². The quantitative estimate of drug-likeness (QED) is 0.264. The molecule has 0 bridgehead atoms. The lowest BCUT2D eigenvalue weighted by Crippen LogP contribution is -2.07. The molecule has 180 valence electrons. The van der Waals surface area contributed by atoms with Crippen molar-refractivity contribution in [3.63, 3.8) is 0 Å². The van der Waals surface area contributed by atoms with Gasteiger partial charge in [0.2, 0.25) is 0 Å². The number of carbonyl (C=O) groups excluding carboxylic acids is 1. The van der Waals surface area contributed by atoms with E-state index in [4.69, 9.17) is 4.84 Å². The first-order chi connectivity index (χ1) is 17.5. The summed E-state index contributed by atoms with van der Waals surface area (Å²) in [5.74, 6) is -0.312. The molecule has 5 rings (SSSR count). The maximum atomic E-state index is 14.9. The lowest BCUT2D eigenvalue weighted by atomic mass is 9.92. The predicted octanol–water partition coefficient (Wildman–Crippen LogP) is 7.19. The number of halogens is 1. The van der Waals surface area contributed by atoms with Crippen molar-refractivity contribution >= 4 is 11.5 Å². The summed E-state index contributed by atoms with van der Waals surface area (Å²) in [6.07, 6.45) is 2.96. The van der Waals surface area contributed by atoms with E-state index < -0.39 is 0 Å². The minimum absolute atomic E-state index is 0.00647. The highest BCUT2D eigenvalue weighted by Gasteiger charge is 2.26. The molecule has 1 atom stereocenters. The fourth-order valence-electron chi connectivity index (χ4n) is 4.39. The molecule has 2 heterocycles. The predicted molar refractivity (Wildman–Crippen MR) is 140 cm³/mol. The molecule has 36 heavy (non-hydrogen) atoms. The topological polar surface area (TPSA) is 51.5 Å². The number of aromatic nitrogens is 1. The first kappa shape index (κ1) is 23.6. The summed E-state index contributed by atoms with van der Waals surface area (Å²) in [6, 6.07) is 24.5. The molecule has 4 nitrogen and oxygen atoms in total. The number of benzene rings is 3. The molecule has 0 radical (unpaired) electrons. The Hall–Kier alpha value is -4.12. The van der Waals surface area contributed by atoms with Crippen LogP contribution in [0.5, 0.6) is 0 Å². The fourth-order valence-corrected chi connectivity index (χ4v) is 4.39. The van der Waals surface area contributed by atoms with Crippen molar-refractivity contribution < 1.29 is 14.0 Å². The molecule has 5 heteroatoms. The van der Waals surface area contributed by atoms with Crippen LogP contribution < -0.4 is 0 Å². The Morgan fingerprint density at radius 3 is 2.47 bits per heavy atom. The molecule has 1 aliphatic heterocycles. The lowest BCUT2D eigenvalue weighted by Gasteiger charge is -2.11. The number of carbonyl (C=O) groups is 1. The van der Waals surface area contributed by atoms with Gasteiger partial charge in [-0.25, -0.2) is 4.39 Å². The van der Waals surface area contributed by atoms with E-state index in [0.717, 1.165) is 22.4 Å². The first-order valence-corrected chi connectivity index (χ1v) is 12.1. The summed E-state index contributed by atoms with van der Waals surface area (Å²) >= 11 is 0. The first-order valence-electron chi connectivity index (χ1n) is 12.1. The fraction of sp³-hybridized carbons (Fsp3) is 0.194. The number of aryl methyl sites for hydroxylation is 3. The number of oxime groups is 1. The third-order valence-electron chi connectivity index (χ3n) is 6.47. The zero-order valence-electron chi connectivity index (χ0n) is 20.4. The van der Waals surface area contributed by atoms with Crippen molar-refractivity contribution in [3.05, 3.63) is 124 Å². The third kappa shape index (κ3) is 5.25. The average molecular weight is 479 g/mol. The second-order valence-electron chi connectivity index (χ2n) is 9.28. The number of Topliss-reactive ketones (excluding diaryl/α,β-unsaturated/α-hetero) is 1. The van der Waals surface area contributed by atoms with E-state index in [1.54, 1.807) is 18.3 Å². The Labute approximate surface area is 210 Å². The molecule has 3 aromatic carbocycles. The Kier molecular flexibility index (Phi) is 6.72. The summed E-state index contributed by atoms with van der Waals surface area (Å²) in [4.78, 5) is 23.3. The molecule has 0 saturated heterocycles. The molecule has 1 aromatic heterocycles. The van der Waals surface area contributed by atoms with Gasteiger partial charge in [0.1, 0.15) is 5.82 Å². The zero-order chi connectivity index (χ0) is 25.1. The van der Waals surface area contributed by atoms with Gasteiger partial charge in [0.25, 0.3) is 0 Å². The number of hydrogen-bond acceptors (Lipinski definition) is 4. The normalized spacial score (nSPS) is 14.9. The summed E-state index contributed by atoms with van der Waals surface area (Å²) in [5, 5.41) is 4.31. The molecule has 0 N–H and O–H groups in total. The van der Waals surface area contributed by atoms with Crippen molar-refractivity contribution in [2.75, 3.05) is 0 Å². The zero-order valence-corrected chi connectivity index (χ0v) is 20.4. The van der Waals surface area contributed by atoms with E-state index in [-0.39, 0.29) is 17.7 Å². The van der Waals surface area contributed by atoms with Gasteiger partial charge in [-0.3, -0.25) is 9.78 Å². The highest BCUT2D eigenvalue weighted by molar-refractivity contribution is 6.05. The number of rotatable bonds is 7. The van der Waals surface area contributed by atoms with Gasteiger partial charge >= 0.3 is 0 Å². The van der Waals surface area contributed by atoms with E-state index >= 15 is 0 Å². The molecule has 0 fully saturated rings. The average Bonchev–Trinajstić information content (AvgIpc) is 3.39. The number of hydrogen-bond donors (Lipinski definition) is 0. The van der Waals surface area contributed by atoms with Gasteiger partial charge in [0, 0.05) is 35.7 Å². The molecule has 1 aliphatic rings. The SMILES string of the molecule is Cc1ccc(CCC(=O)c2cc(C3=NOC(c4ccccn4)C3)cc(-c3ccc(C)cc3F)c2)cc1. The van der Waals surface area contributed by atoms with Crippen LogP contribution in [0.15, 0.2) is 90.2 Å². The summed E-state index contributed by atoms with van der Waals surface area (Å²) in [6.45, 7) is 3.89. The Balaban J connectivity index is 1.46. The van der Waals surface area contributed by atoms with Crippen LogP contribution in [0.2, 0.25) is 0 Å². The summed E-state index contributed by atoms with van der Waals surface area (Å²) < 4.78 is 14.9. The van der Waals surface area contributed by atoms with Crippen LogP contribution in [0.1, 0.15) is 57.3 Å². The van der Waals surface area contributed by atoms with Crippen molar-refractivity contribution in [2.45, 2.75) is 39.2 Å². The molecule has 0 saturated carbocycles. The van der Waals surface area contributed by atoms with Gasteiger partial charge in [0.05, 0.1) is 11.4 Å². The molecule has 0 aliphatic carbocycles. The van der Waals surface area contributed by atoms with Gasteiger partial charge in [-0.1, -0.05) is 53.2 Å². The van der Waals surface area contributed by atoms with E-state index in [2.05, 4.69) is 34.4 Å². The minimum Gasteiger partial charge on any atom is -0.385 e. The number of nitrogens with zero attached hydrogens (tertiary/aromatic N) is 2. The Morgan fingerprint density at radius 2 is 1.72 bits per heavy atom. The highest BCUT2D eigenvalue weighted by atomic mass is 19.1. The number of ketones is 1. The molecule has 4 aromatic rings. The molecule has 0 amide bonds. The van der Waals surface area contributed by atoms with Crippen molar-refractivity contribution in [2.24, 2.45) is 5.16 Å². The van der Waals surface area contributed by atoms with E-state index in [1.807, 2.05) is 50.2 Å². The molecule has 0 spiro atoms. The molecular formula is C31H27FN2O2. The maximum absolute atomic E-state index is 14.9. The van der Waals surface area contributed by atoms with Crippen molar-refractivity contribution in [1.82, 2.24) is 4.98 Å². The van der Waals surface area contributed by atoms with Crippen LogP contribution in [-0.4, -0.2) is 16.5 Å². The monoisotopic (exact) mass is 478 g/mol. The molecule has 1 unspecified atom stereocenters. The van der Waals surface area contributed by atoms with Gasteiger partial charge in [-0.2, -0.15) is 0 Å². The standard InChI is InChI=1S/C31H27FN2O2/c1-20-6-9-22(10-7-20)11-13-30(35)25-17-23(26-12-8-21(2)15-27(26)32)16-24(18-25)29-19-31(36-34-29)28-5-3-4-14-33-28/h3-10,12,14-18,31H,11,13,19H2,1-2H3. The number of pyridine rings is 1. The Bertz CT molecular complexity index is 1430. The minimum atomic E-state index is -0.318. The van der Waals surface area contributed by atoms with Gasteiger partial charge < -0.3 is 4.84 Å². The van der Waals surface area contributed by atoms with Crippen LogP contribution in [0.25, 0.3) is 11.1 Å². The summed E-state index contributed by atoms with van der Waals surface area (Å²) in [5.41, 5.74) is 7.05. The molecular weight excluding hydrogens is 451 g/mol. The van der Waals surface area contributed by atoms with Crippen LogP contribution >= 0.6 is 0 Å². The van der Waals surface area contributed by atoms with Crippen LogP contribution in [-0.2, 0) is 11.3 Å². The summed E-state index contributed by atoms with van der Waals surface area (Å²) in [7, 11) is 0.